The standard InChI is InChI=1S/C25H40O3/c1-4-5-6-7-23(27)28-22-11-10-20-19-9-8-17-16-18(26)12-14-24(17,2)21(19)13-15-25(20,22)3/h17,19-22H,4-16H2,1-3H3/t17-,19-,20-,21-,22-,24-,25-/m0/s1. The molecule has 4 aliphatic rings. The van der Waals surface area contributed by atoms with Crippen LogP contribution >= 0.6 is 0 Å². The van der Waals surface area contributed by atoms with E-state index in [1.54, 1.807) is 0 Å². The number of hydrogen-bond donors (Lipinski definition) is 0. The summed E-state index contributed by atoms with van der Waals surface area (Å²) in [4.78, 5) is 24.4. The van der Waals surface area contributed by atoms with E-state index < -0.39 is 0 Å². The van der Waals surface area contributed by atoms with Gasteiger partial charge in [0.1, 0.15) is 11.9 Å². The van der Waals surface area contributed by atoms with Crippen molar-refractivity contribution in [2.45, 2.75) is 110 Å². The Labute approximate surface area is 171 Å². The van der Waals surface area contributed by atoms with E-state index in [-0.39, 0.29) is 17.5 Å². The van der Waals surface area contributed by atoms with Gasteiger partial charge in [0.25, 0.3) is 0 Å². The second-order valence-electron chi connectivity index (χ2n) is 11.0. The monoisotopic (exact) mass is 388 g/mol. The minimum absolute atomic E-state index is 0.0314. The van der Waals surface area contributed by atoms with Crippen LogP contribution < -0.4 is 0 Å². The zero-order valence-corrected chi connectivity index (χ0v) is 18.3. The second-order valence-corrected chi connectivity index (χ2v) is 11.0. The van der Waals surface area contributed by atoms with Gasteiger partial charge in [0.2, 0.25) is 0 Å². The van der Waals surface area contributed by atoms with Gasteiger partial charge in [-0.2, -0.15) is 0 Å². The van der Waals surface area contributed by atoms with Crippen LogP contribution in [0.5, 0.6) is 0 Å². The Morgan fingerprint density at radius 2 is 1.79 bits per heavy atom. The van der Waals surface area contributed by atoms with E-state index in [2.05, 4.69) is 20.8 Å². The molecule has 3 heteroatoms. The molecule has 0 N–H and O–H groups in total. The molecule has 0 saturated heterocycles. The molecule has 0 amide bonds. The molecule has 4 saturated carbocycles. The summed E-state index contributed by atoms with van der Waals surface area (Å²) in [6, 6.07) is 0. The van der Waals surface area contributed by atoms with Crippen molar-refractivity contribution in [1.82, 2.24) is 0 Å². The average molecular weight is 389 g/mol. The highest BCUT2D eigenvalue weighted by Gasteiger charge is 2.61. The molecule has 4 fully saturated rings. The van der Waals surface area contributed by atoms with Crippen molar-refractivity contribution in [3.05, 3.63) is 0 Å². The van der Waals surface area contributed by atoms with Crippen molar-refractivity contribution in [3.8, 4) is 0 Å². The maximum atomic E-state index is 12.4. The number of carbonyl (C=O) groups excluding carboxylic acids is 2. The molecule has 0 aliphatic heterocycles. The van der Waals surface area contributed by atoms with Gasteiger partial charge in [-0.1, -0.05) is 33.6 Å². The molecular formula is C25H40O3. The summed E-state index contributed by atoms with van der Waals surface area (Å²) in [5.41, 5.74) is 0.544. The fourth-order valence-electron chi connectivity index (χ4n) is 7.93. The molecule has 0 aromatic carbocycles. The number of esters is 1. The number of rotatable bonds is 5. The lowest BCUT2D eigenvalue weighted by Gasteiger charge is -2.60. The van der Waals surface area contributed by atoms with Crippen LogP contribution in [0.25, 0.3) is 0 Å². The Kier molecular flexibility index (Phi) is 5.66. The van der Waals surface area contributed by atoms with E-state index in [4.69, 9.17) is 4.74 Å². The minimum atomic E-state index is 0.0314. The third kappa shape index (κ3) is 3.35. The Morgan fingerprint density at radius 3 is 2.57 bits per heavy atom. The first kappa shape index (κ1) is 20.4. The number of Topliss-reactive ketones (excluding diaryl/α,β-unsaturated/α-hetero) is 1. The molecule has 7 atom stereocenters. The highest BCUT2D eigenvalue weighted by Crippen LogP contribution is 2.66. The maximum Gasteiger partial charge on any atom is 0.306 e. The third-order valence-electron chi connectivity index (χ3n) is 9.65. The van der Waals surface area contributed by atoms with E-state index >= 15 is 0 Å². The molecule has 0 aromatic heterocycles. The lowest BCUT2D eigenvalue weighted by molar-refractivity contribution is -0.164. The van der Waals surface area contributed by atoms with Gasteiger partial charge < -0.3 is 4.74 Å². The summed E-state index contributed by atoms with van der Waals surface area (Å²) in [7, 11) is 0. The first-order chi connectivity index (χ1) is 13.4. The van der Waals surface area contributed by atoms with Gasteiger partial charge >= 0.3 is 5.97 Å². The van der Waals surface area contributed by atoms with Crippen LogP contribution in [0, 0.1) is 34.5 Å². The highest BCUT2D eigenvalue weighted by atomic mass is 16.5. The van der Waals surface area contributed by atoms with Crippen LogP contribution in [-0.4, -0.2) is 17.9 Å². The Bertz CT molecular complexity index is 613. The third-order valence-corrected chi connectivity index (χ3v) is 9.65. The number of carbonyl (C=O) groups is 2. The lowest BCUT2D eigenvalue weighted by atomic mass is 9.45. The van der Waals surface area contributed by atoms with Crippen molar-refractivity contribution in [3.63, 3.8) is 0 Å². The van der Waals surface area contributed by atoms with Crippen LogP contribution in [0.1, 0.15) is 104 Å². The van der Waals surface area contributed by atoms with Gasteiger partial charge in [-0.25, -0.2) is 0 Å². The summed E-state index contributed by atoms with van der Waals surface area (Å²) in [5.74, 6) is 3.40. The molecule has 158 valence electrons. The molecule has 0 spiro atoms. The molecule has 0 bridgehead atoms. The first-order valence-electron chi connectivity index (χ1n) is 12.1. The summed E-state index contributed by atoms with van der Waals surface area (Å²) in [6.45, 7) is 7.09. The van der Waals surface area contributed by atoms with Crippen molar-refractivity contribution >= 4 is 11.8 Å². The molecule has 0 heterocycles. The lowest BCUT2D eigenvalue weighted by Crippen LogP contribution is -2.54. The molecule has 28 heavy (non-hydrogen) atoms. The number of fused-ring (bicyclic) bond motifs is 5. The SMILES string of the molecule is CCCCCC(=O)O[C@H]1CC[C@H]2[C@@H]3CC[C@H]4CC(=O)CC[C@]4(C)[C@H]3CC[C@]12C. The van der Waals surface area contributed by atoms with Gasteiger partial charge in [0.05, 0.1) is 0 Å². The average Bonchev–Trinajstić information content (AvgIpc) is 2.99. The molecule has 0 radical (unpaired) electrons. The predicted octanol–water partition coefficient (Wildman–Crippen LogP) is 6.09. The smallest absolute Gasteiger partial charge is 0.306 e. The van der Waals surface area contributed by atoms with E-state index in [1.807, 2.05) is 0 Å². The molecular weight excluding hydrogens is 348 g/mol. The van der Waals surface area contributed by atoms with Crippen LogP contribution in [0.15, 0.2) is 0 Å². The van der Waals surface area contributed by atoms with Crippen molar-refractivity contribution in [2.24, 2.45) is 34.5 Å². The largest absolute Gasteiger partial charge is 0.462 e. The summed E-state index contributed by atoms with van der Waals surface area (Å²) < 4.78 is 6.07. The van der Waals surface area contributed by atoms with E-state index in [0.717, 1.165) is 56.8 Å². The van der Waals surface area contributed by atoms with Gasteiger partial charge in [0, 0.05) is 24.7 Å². The van der Waals surface area contributed by atoms with E-state index in [9.17, 15) is 9.59 Å². The van der Waals surface area contributed by atoms with E-state index in [0.29, 0.717) is 29.5 Å². The van der Waals surface area contributed by atoms with E-state index in [1.165, 1.54) is 32.1 Å². The Hall–Kier alpha value is -0.860. The summed E-state index contributed by atoms with van der Waals surface area (Å²) in [5, 5.41) is 0. The fourth-order valence-corrected chi connectivity index (χ4v) is 7.93. The molecule has 0 unspecified atom stereocenters. The molecule has 4 rings (SSSR count). The number of ketones is 1. The predicted molar refractivity (Wildman–Crippen MR) is 111 cm³/mol. The Morgan fingerprint density at radius 1 is 1.00 bits per heavy atom. The molecule has 4 aliphatic carbocycles. The molecule has 3 nitrogen and oxygen atoms in total. The fraction of sp³-hybridized carbons (Fsp3) is 0.920. The minimum Gasteiger partial charge on any atom is -0.462 e. The van der Waals surface area contributed by atoms with Gasteiger partial charge in [-0.3, -0.25) is 9.59 Å². The quantitative estimate of drug-likeness (QED) is 0.423. The first-order valence-corrected chi connectivity index (χ1v) is 12.1. The van der Waals surface area contributed by atoms with Crippen molar-refractivity contribution in [1.29, 1.82) is 0 Å². The summed E-state index contributed by atoms with van der Waals surface area (Å²) >= 11 is 0. The van der Waals surface area contributed by atoms with Crippen LogP contribution in [-0.2, 0) is 14.3 Å². The van der Waals surface area contributed by atoms with Crippen molar-refractivity contribution < 1.29 is 14.3 Å². The second kappa shape index (κ2) is 7.76. The van der Waals surface area contributed by atoms with Gasteiger partial charge in [-0.15, -0.1) is 0 Å². The zero-order chi connectivity index (χ0) is 19.9. The number of ether oxygens (including phenoxy) is 1. The zero-order valence-electron chi connectivity index (χ0n) is 18.3. The van der Waals surface area contributed by atoms with Gasteiger partial charge in [0.15, 0.2) is 0 Å². The molecule has 0 aromatic rings. The normalized spacial score (nSPS) is 45.1. The number of unbranched alkanes of at least 4 members (excludes halogenated alkanes) is 2. The number of hydrogen-bond acceptors (Lipinski definition) is 3. The highest BCUT2D eigenvalue weighted by molar-refractivity contribution is 5.79. The summed E-state index contributed by atoms with van der Waals surface area (Å²) in [6.07, 6.45) is 14.0. The topological polar surface area (TPSA) is 43.4 Å². The van der Waals surface area contributed by atoms with Crippen LogP contribution in [0.4, 0.5) is 0 Å². The maximum absolute atomic E-state index is 12.4. The van der Waals surface area contributed by atoms with Crippen LogP contribution in [0.3, 0.4) is 0 Å². The van der Waals surface area contributed by atoms with Crippen molar-refractivity contribution in [2.75, 3.05) is 0 Å². The van der Waals surface area contributed by atoms with Gasteiger partial charge in [-0.05, 0) is 80.5 Å². The Balaban J connectivity index is 1.45. The van der Waals surface area contributed by atoms with Crippen LogP contribution in [0.2, 0.25) is 0 Å².